The van der Waals surface area contributed by atoms with Crippen molar-refractivity contribution in [1.29, 1.82) is 0 Å². The minimum absolute atomic E-state index is 0.0768. The zero-order valence-corrected chi connectivity index (χ0v) is 10.8. The molecule has 1 heterocycles. The first-order valence-electron chi connectivity index (χ1n) is 4.34. The molecule has 0 radical (unpaired) electrons. The van der Waals surface area contributed by atoms with E-state index >= 15 is 0 Å². The Balaban J connectivity index is 2.43. The Morgan fingerprint density at radius 2 is 2.12 bits per heavy atom. The minimum atomic E-state index is -3.81. The van der Waals surface area contributed by atoms with E-state index in [0.29, 0.717) is 9.24 Å². The highest BCUT2D eigenvalue weighted by molar-refractivity contribution is 8.01. The van der Waals surface area contributed by atoms with Crippen LogP contribution in [0.1, 0.15) is 0 Å². The third kappa shape index (κ3) is 2.75. The summed E-state index contributed by atoms with van der Waals surface area (Å²) in [5.74, 6) is 0. The van der Waals surface area contributed by atoms with Crippen molar-refractivity contribution in [2.45, 2.75) is 14.1 Å². The van der Waals surface area contributed by atoms with E-state index in [9.17, 15) is 8.42 Å². The third-order valence-electron chi connectivity index (χ3n) is 1.87. The molecule has 0 atom stereocenters. The van der Waals surface area contributed by atoms with Crippen LogP contribution in [0.25, 0.3) is 0 Å². The summed E-state index contributed by atoms with van der Waals surface area (Å²) in [6, 6.07) is 4.66. The van der Waals surface area contributed by atoms with Gasteiger partial charge in [-0.2, -0.15) is 4.37 Å². The number of para-hydroxylation sites is 1. The molecule has 0 aliphatic heterocycles. The summed E-state index contributed by atoms with van der Waals surface area (Å²) in [5, 5.41) is 5.06. The average Bonchev–Trinajstić information content (AvgIpc) is 2.72. The molecule has 6 nitrogen and oxygen atoms in total. The third-order valence-corrected chi connectivity index (χ3v) is 4.63. The van der Waals surface area contributed by atoms with Crippen molar-refractivity contribution in [3.05, 3.63) is 24.5 Å². The van der Waals surface area contributed by atoms with Crippen LogP contribution in [0.3, 0.4) is 0 Å². The lowest BCUT2D eigenvalue weighted by molar-refractivity contribution is 0.598. The van der Waals surface area contributed by atoms with Gasteiger partial charge in [-0.25, -0.2) is 18.5 Å². The van der Waals surface area contributed by atoms with Gasteiger partial charge in [0.05, 0.1) is 5.69 Å². The van der Waals surface area contributed by atoms with Crippen LogP contribution in [0.5, 0.6) is 0 Å². The molecule has 0 aliphatic rings. The maximum absolute atomic E-state index is 11.3. The zero-order valence-electron chi connectivity index (χ0n) is 8.40. The van der Waals surface area contributed by atoms with Crippen LogP contribution in [0.2, 0.25) is 0 Å². The molecule has 9 heteroatoms. The van der Waals surface area contributed by atoms with Crippen molar-refractivity contribution in [1.82, 2.24) is 9.36 Å². The van der Waals surface area contributed by atoms with E-state index < -0.39 is 10.0 Å². The molecule has 2 aromatic rings. The molecule has 0 saturated heterocycles. The second kappa shape index (κ2) is 4.61. The molecule has 0 amide bonds. The van der Waals surface area contributed by atoms with Crippen molar-refractivity contribution >= 4 is 39.0 Å². The van der Waals surface area contributed by atoms with Gasteiger partial charge in [-0.3, -0.25) is 0 Å². The summed E-state index contributed by atoms with van der Waals surface area (Å²) >= 11 is 2.46. The summed E-state index contributed by atoms with van der Waals surface area (Å²) in [7, 11) is -3.81. The van der Waals surface area contributed by atoms with Gasteiger partial charge in [-0.15, -0.1) is 0 Å². The van der Waals surface area contributed by atoms with Crippen LogP contribution in [0.4, 0.5) is 5.69 Å². The lowest BCUT2D eigenvalue weighted by Crippen LogP contribution is -2.14. The molecular weight excluding hydrogens is 280 g/mol. The van der Waals surface area contributed by atoms with E-state index in [2.05, 4.69) is 9.36 Å². The van der Waals surface area contributed by atoms with E-state index in [1.54, 1.807) is 12.1 Å². The molecule has 0 unspecified atom stereocenters. The summed E-state index contributed by atoms with van der Waals surface area (Å²) in [6.07, 6.45) is 1.42. The Kier molecular flexibility index (Phi) is 3.33. The van der Waals surface area contributed by atoms with Crippen LogP contribution in [-0.4, -0.2) is 17.8 Å². The topological polar surface area (TPSA) is 112 Å². The first-order chi connectivity index (χ1) is 7.98. The van der Waals surface area contributed by atoms with Crippen LogP contribution >= 0.6 is 23.3 Å². The standard InChI is InChI=1S/C8H8N4O2S3/c9-7-5(15-8-11-4-12-16-8)2-1-3-6(7)17(10,13)14/h1-4H,9H2,(H2,10,13,14). The number of benzene rings is 1. The van der Waals surface area contributed by atoms with Crippen LogP contribution < -0.4 is 10.9 Å². The lowest BCUT2D eigenvalue weighted by atomic mass is 10.3. The summed E-state index contributed by atoms with van der Waals surface area (Å²) in [4.78, 5) is 4.49. The smallest absolute Gasteiger partial charge is 0.240 e. The van der Waals surface area contributed by atoms with Gasteiger partial charge < -0.3 is 5.73 Å². The van der Waals surface area contributed by atoms with Crippen LogP contribution in [0.15, 0.2) is 38.7 Å². The number of anilines is 1. The number of nitrogen functional groups attached to an aromatic ring is 1. The molecule has 0 bridgehead atoms. The minimum Gasteiger partial charge on any atom is -0.397 e. The van der Waals surface area contributed by atoms with E-state index in [0.717, 1.165) is 0 Å². The second-order valence-corrected chi connectivity index (χ2v) is 6.62. The highest BCUT2D eigenvalue weighted by Gasteiger charge is 2.15. The maximum atomic E-state index is 11.3. The fourth-order valence-corrected chi connectivity index (χ4v) is 3.39. The average molecular weight is 288 g/mol. The molecular formula is C8H8N4O2S3. The van der Waals surface area contributed by atoms with Gasteiger partial charge in [0.2, 0.25) is 10.0 Å². The predicted octanol–water partition coefficient (Wildman–Crippen LogP) is 0.919. The van der Waals surface area contributed by atoms with Gasteiger partial charge in [0.1, 0.15) is 11.2 Å². The van der Waals surface area contributed by atoms with E-state index in [1.165, 1.54) is 35.7 Å². The van der Waals surface area contributed by atoms with Crippen LogP contribution in [0, 0.1) is 0 Å². The summed E-state index contributed by atoms with van der Waals surface area (Å²) in [5.41, 5.74) is 5.90. The number of hydrogen-bond donors (Lipinski definition) is 2. The largest absolute Gasteiger partial charge is 0.397 e. The quantitative estimate of drug-likeness (QED) is 0.812. The zero-order chi connectivity index (χ0) is 12.5. The Labute approximate surface area is 106 Å². The monoisotopic (exact) mass is 288 g/mol. The first-order valence-corrected chi connectivity index (χ1v) is 7.48. The van der Waals surface area contributed by atoms with Gasteiger partial charge in [0.15, 0.2) is 4.34 Å². The van der Waals surface area contributed by atoms with Gasteiger partial charge in [-0.1, -0.05) is 17.8 Å². The fourth-order valence-electron chi connectivity index (χ4n) is 1.16. The Bertz CT molecular complexity index is 624. The number of primary sulfonamides is 1. The fraction of sp³-hybridized carbons (Fsp3) is 0. The van der Waals surface area contributed by atoms with E-state index in [4.69, 9.17) is 10.9 Å². The number of sulfonamides is 1. The van der Waals surface area contributed by atoms with Crippen molar-refractivity contribution in [3.63, 3.8) is 0 Å². The maximum Gasteiger partial charge on any atom is 0.240 e. The van der Waals surface area contributed by atoms with E-state index in [1.807, 2.05) is 0 Å². The number of nitrogens with zero attached hydrogens (tertiary/aromatic N) is 2. The highest BCUT2D eigenvalue weighted by Crippen LogP contribution is 2.35. The first kappa shape index (κ1) is 12.3. The Morgan fingerprint density at radius 3 is 2.71 bits per heavy atom. The van der Waals surface area contributed by atoms with Gasteiger partial charge >= 0.3 is 0 Å². The summed E-state index contributed by atoms with van der Waals surface area (Å²) in [6.45, 7) is 0. The molecule has 0 fully saturated rings. The number of nitrogens with two attached hydrogens (primary N) is 2. The van der Waals surface area contributed by atoms with Crippen molar-refractivity contribution in [2.24, 2.45) is 5.14 Å². The van der Waals surface area contributed by atoms with Crippen molar-refractivity contribution < 1.29 is 8.42 Å². The molecule has 0 saturated carbocycles. The molecule has 2 rings (SSSR count). The van der Waals surface area contributed by atoms with Crippen molar-refractivity contribution in [2.75, 3.05) is 5.73 Å². The Morgan fingerprint density at radius 1 is 1.35 bits per heavy atom. The number of aromatic nitrogens is 2. The molecule has 17 heavy (non-hydrogen) atoms. The second-order valence-electron chi connectivity index (χ2n) is 3.02. The van der Waals surface area contributed by atoms with Gasteiger partial charge in [0, 0.05) is 4.90 Å². The van der Waals surface area contributed by atoms with Gasteiger partial charge in [-0.05, 0) is 23.7 Å². The van der Waals surface area contributed by atoms with Crippen LogP contribution in [-0.2, 0) is 10.0 Å². The Hall–Kier alpha value is -1.16. The molecule has 0 spiro atoms. The molecule has 4 N–H and O–H groups in total. The molecule has 1 aromatic heterocycles. The normalized spacial score (nSPS) is 11.6. The van der Waals surface area contributed by atoms with Gasteiger partial charge in [0.25, 0.3) is 0 Å². The van der Waals surface area contributed by atoms with E-state index in [-0.39, 0.29) is 10.6 Å². The number of hydrogen-bond acceptors (Lipinski definition) is 7. The predicted molar refractivity (Wildman–Crippen MR) is 66.3 cm³/mol. The van der Waals surface area contributed by atoms with Crippen molar-refractivity contribution in [3.8, 4) is 0 Å². The molecule has 0 aliphatic carbocycles. The molecule has 90 valence electrons. The lowest BCUT2D eigenvalue weighted by Gasteiger charge is -2.07. The number of rotatable bonds is 3. The summed E-state index contributed by atoms with van der Waals surface area (Å²) < 4.78 is 27.1. The molecule has 1 aromatic carbocycles. The highest BCUT2D eigenvalue weighted by atomic mass is 32.2. The SMILES string of the molecule is Nc1c(Sc2ncns2)cccc1S(N)(=O)=O.